The van der Waals surface area contributed by atoms with Crippen LogP contribution in [0.15, 0.2) is 48.5 Å². The number of hydrogen-bond donors (Lipinski definition) is 2. The van der Waals surface area contributed by atoms with Crippen LogP contribution in [0.4, 0.5) is 4.79 Å². The number of aliphatic carboxylic acids is 1. The number of carbonyl (C=O) groups excluding carboxylic acids is 2. The number of nitrogens with one attached hydrogen (secondary N) is 1. The lowest BCUT2D eigenvalue weighted by atomic mass is 9.90. The van der Waals surface area contributed by atoms with Crippen molar-refractivity contribution in [1.82, 2.24) is 10.2 Å². The van der Waals surface area contributed by atoms with Crippen LogP contribution in [-0.2, 0) is 19.1 Å². The van der Waals surface area contributed by atoms with Crippen LogP contribution >= 0.6 is 0 Å². The number of benzene rings is 2. The first-order valence-corrected chi connectivity index (χ1v) is 12.0. The molecule has 2 aliphatic rings. The number of hydrogen-bond acceptors (Lipinski definition) is 5. The Morgan fingerprint density at radius 3 is 2.23 bits per heavy atom. The number of nitrogens with zero attached hydrogens (tertiary/aromatic N) is 1. The number of methoxy groups -OCH3 is 1. The molecule has 8 nitrogen and oxygen atoms in total. The van der Waals surface area contributed by atoms with Crippen molar-refractivity contribution in [3.63, 3.8) is 0 Å². The average Bonchev–Trinajstić information content (AvgIpc) is 3.18. The minimum absolute atomic E-state index is 0.0433. The van der Waals surface area contributed by atoms with Crippen LogP contribution in [-0.4, -0.2) is 66.9 Å². The van der Waals surface area contributed by atoms with Gasteiger partial charge in [-0.15, -0.1) is 0 Å². The summed E-state index contributed by atoms with van der Waals surface area (Å²) in [7, 11) is 1.46. The van der Waals surface area contributed by atoms with E-state index in [1.165, 1.54) is 12.0 Å². The normalized spacial score (nSPS) is 20.9. The molecule has 0 spiro atoms. The number of alkyl carbamates (subject to hydrolysis) is 1. The highest BCUT2D eigenvalue weighted by Gasteiger charge is 2.38. The Labute approximate surface area is 205 Å². The van der Waals surface area contributed by atoms with Gasteiger partial charge < -0.3 is 24.8 Å². The van der Waals surface area contributed by atoms with Crippen LogP contribution in [0.2, 0.25) is 0 Å². The van der Waals surface area contributed by atoms with Crippen molar-refractivity contribution < 1.29 is 29.0 Å². The van der Waals surface area contributed by atoms with Crippen molar-refractivity contribution >= 4 is 18.0 Å². The maximum Gasteiger partial charge on any atom is 0.407 e. The monoisotopic (exact) mass is 480 g/mol. The molecule has 8 heteroatoms. The van der Waals surface area contributed by atoms with Gasteiger partial charge in [-0.05, 0) is 41.5 Å². The SMILES string of the molecule is CO[C@H](C)[C@H](NC(=O)OCC1c2ccccc2-c2ccccc21)C(=O)N1CC(C)CC(C(=O)O)C1. The second-order valence-electron chi connectivity index (χ2n) is 9.51. The van der Waals surface area contributed by atoms with Gasteiger partial charge in [0.15, 0.2) is 0 Å². The zero-order chi connectivity index (χ0) is 25.1. The third-order valence-electron chi connectivity index (χ3n) is 7.04. The van der Waals surface area contributed by atoms with E-state index in [1.54, 1.807) is 6.92 Å². The molecule has 186 valence electrons. The minimum Gasteiger partial charge on any atom is -0.481 e. The van der Waals surface area contributed by atoms with Crippen LogP contribution in [0, 0.1) is 11.8 Å². The molecular weight excluding hydrogens is 448 g/mol. The van der Waals surface area contributed by atoms with Gasteiger partial charge in [-0.25, -0.2) is 4.79 Å². The number of carboxylic acids is 1. The van der Waals surface area contributed by atoms with E-state index in [4.69, 9.17) is 9.47 Å². The van der Waals surface area contributed by atoms with Gasteiger partial charge in [0, 0.05) is 26.1 Å². The van der Waals surface area contributed by atoms with Crippen LogP contribution in [0.1, 0.15) is 37.3 Å². The summed E-state index contributed by atoms with van der Waals surface area (Å²) < 4.78 is 11.0. The van der Waals surface area contributed by atoms with Gasteiger partial charge in [-0.3, -0.25) is 9.59 Å². The summed E-state index contributed by atoms with van der Waals surface area (Å²) in [5.74, 6) is -1.97. The Bertz CT molecular complexity index is 1060. The molecule has 1 saturated heterocycles. The number of carboxylic acid groups (broad SMARTS) is 1. The van der Waals surface area contributed by atoms with E-state index in [9.17, 15) is 19.5 Å². The predicted octanol–water partition coefficient (Wildman–Crippen LogP) is 3.50. The van der Waals surface area contributed by atoms with Gasteiger partial charge in [0.2, 0.25) is 5.91 Å². The molecule has 1 aliphatic carbocycles. The third kappa shape index (κ3) is 5.17. The fourth-order valence-corrected chi connectivity index (χ4v) is 5.19. The molecule has 4 rings (SSSR count). The smallest absolute Gasteiger partial charge is 0.407 e. The van der Waals surface area contributed by atoms with Gasteiger partial charge in [-0.1, -0.05) is 55.5 Å². The average molecular weight is 481 g/mol. The highest BCUT2D eigenvalue weighted by atomic mass is 16.5. The number of ether oxygens (including phenoxy) is 2. The predicted molar refractivity (Wildman–Crippen MR) is 130 cm³/mol. The van der Waals surface area contributed by atoms with Gasteiger partial charge in [0.25, 0.3) is 0 Å². The Hall–Kier alpha value is -3.39. The Morgan fingerprint density at radius 2 is 1.66 bits per heavy atom. The number of amides is 2. The fourth-order valence-electron chi connectivity index (χ4n) is 5.19. The summed E-state index contributed by atoms with van der Waals surface area (Å²) in [6.07, 6.45) is -0.818. The lowest BCUT2D eigenvalue weighted by Crippen LogP contribution is -2.57. The van der Waals surface area contributed by atoms with E-state index < -0.39 is 30.1 Å². The van der Waals surface area contributed by atoms with E-state index in [1.807, 2.05) is 43.3 Å². The third-order valence-corrected chi connectivity index (χ3v) is 7.04. The summed E-state index contributed by atoms with van der Waals surface area (Å²) in [5, 5.41) is 12.1. The van der Waals surface area contributed by atoms with E-state index in [0.717, 1.165) is 22.3 Å². The lowest BCUT2D eigenvalue weighted by Gasteiger charge is -2.37. The highest BCUT2D eigenvalue weighted by molar-refractivity contribution is 5.87. The maximum atomic E-state index is 13.3. The molecule has 2 N–H and O–H groups in total. The number of piperidine rings is 1. The Balaban J connectivity index is 1.44. The van der Waals surface area contributed by atoms with Crippen LogP contribution < -0.4 is 5.32 Å². The molecule has 4 atom stereocenters. The quantitative estimate of drug-likeness (QED) is 0.629. The van der Waals surface area contributed by atoms with Crippen molar-refractivity contribution in [2.45, 2.75) is 38.3 Å². The molecule has 2 aromatic rings. The van der Waals surface area contributed by atoms with Gasteiger partial charge in [0.1, 0.15) is 12.6 Å². The Kier molecular flexibility index (Phi) is 7.40. The van der Waals surface area contributed by atoms with Crippen molar-refractivity contribution in [3.8, 4) is 11.1 Å². The zero-order valence-electron chi connectivity index (χ0n) is 20.3. The van der Waals surface area contributed by atoms with E-state index >= 15 is 0 Å². The van der Waals surface area contributed by atoms with Crippen LogP contribution in [0.5, 0.6) is 0 Å². The maximum absolute atomic E-state index is 13.3. The summed E-state index contributed by atoms with van der Waals surface area (Å²) in [6, 6.07) is 15.1. The molecule has 35 heavy (non-hydrogen) atoms. The second kappa shape index (κ2) is 10.5. The number of fused-ring (bicyclic) bond motifs is 3. The summed E-state index contributed by atoms with van der Waals surface area (Å²) in [4.78, 5) is 39.2. The molecule has 0 bridgehead atoms. The molecule has 1 aliphatic heterocycles. The number of carbonyl (C=O) groups is 3. The van der Waals surface area contributed by atoms with E-state index in [-0.39, 0.29) is 30.9 Å². The second-order valence-corrected chi connectivity index (χ2v) is 9.51. The van der Waals surface area contributed by atoms with Crippen molar-refractivity contribution in [1.29, 1.82) is 0 Å². The molecule has 2 aromatic carbocycles. The number of likely N-dealkylation sites (tertiary alicyclic amines) is 1. The van der Waals surface area contributed by atoms with Crippen molar-refractivity contribution in [2.24, 2.45) is 11.8 Å². The van der Waals surface area contributed by atoms with E-state index in [0.29, 0.717) is 13.0 Å². The largest absolute Gasteiger partial charge is 0.481 e. The molecule has 0 aromatic heterocycles. The zero-order valence-corrected chi connectivity index (χ0v) is 20.3. The topological polar surface area (TPSA) is 105 Å². The first kappa shape index (κ1) is 24.7. The fraction of sp³-hybridized carbons (Fsp3) is 0.444. The summed E-state index contributed by atoms with van der Waals surface area (Å²) in [6.45, 7) is 4.28. The van der Waals surface area contributed by atoms with Gasteiger partial charge >= 0.3 is 12.1 Å². The van der Waals surface area contributed by atoms with Gasteiger partial charge in [0.05, 0.1) is 12.0 Å². The minimum atomic E-state index is -0.990. The molecular formula is C27H32N2O6. The first-order chi connectivity index (χ1) is 16.8. The van der Waals surface area contributed by atoms with Crippen molar-refractivity contribution in [2.75, 3.05) is 26.8 Å². The van der Waals surface area contributed by atoms with E-state index in [2.05, 4.69) is 17.4 Å². The summed E-state index contributed by atoms with van der Waals surface area (Å²) >= 11 is 0. The highest BCUT2D eigenvalue weighted by Crippen LogP contribution is 2.44. The van der Waals surface area contributed by atoms with Crippen LogP contribution in [0.25, 0.3) is 11.1 Å². The lowest BCUT2D eigenvalue weighted by molar-refractivity contribution is -0.148. The van der Waals surface area contributed by atoms with Crippen molar-refractivity contribution in [3.05, 3.63) is 59.7 Å². The molecule has 2 amide bonds. The Morgan fingerprint density at radius 1 is 1.06 bits per heavy atom. The standard InChI is InChI=1S/C27H32N2O6/c1-16-12-18(26(31)32)14-29(13-16)25(30)24(17(2)34-3)28-27(33)35-15-23-21-10-6-4-8-19(21)20-9-5-7-11-22(20)23/h4-11,16-18,23-24H,12-15H2,1-3H3,(H,28,33)(H,31,32)/t16?,17-,18?,24+/m1/s1. The molecule has 1 fully saturated rings. The molecule has 1 heterocycles. The molecule has 0 radical (unpaired) electrons. The number of rotatable bonds is 7. The molecule has 0 saturated carbocycles. The van der Waals surface area contributed by atoms with Gasteiger partial charge in [-0.2, -0.15) is 0 Å². The molecule has 2 unspecified atom stereocenters. The van der Waals surface area contributed by atoms with Crippen LogP contribution in [0.3, 0.4) is 0 Å². The summed E-state index contributed by atoms with van der Waals surface area (Å²) in [5.41, 5.74) is 4.46. The first-order valence-electron chi connectivity index (χ1n) is 12.0.